The third-order valence-electron chi connectivity index (χ3n) is 8.65. The highest BCUT2D eigenvalue weighted by Crippen LogP contribution is 2.66. The van der Waals surface area contributed by atoms with E-state index in [4.69, 9.17) is 0 Å². The molecular formula is C21H32O8. The van der Waals surface area contributed by atoms with Gasteiger partial charge in [0.2, 0.25) is 11.6 Å². The Balaban J connectivity index is 1.80. The van der Waals surface area contributed by atoms with Gasteiger partial charge >= 0.3 is 0 Å². The lowest BCUT2D eigenvalue weighted by molar-refractivity contribution is -0.408. The van der Waals surface area contributed by atoms with Crippen LogP contribution in [-0.2, 0) is 0 Å². The summed E-state index contributed by atoms with van der Waals surface area (Å²) in [5.74, 6) is -6.89. The zero-order valence-electron chi connectivity index (χ0n) is 16.7. The van der Waals surface area contributed by atoms with E-state index in [1.165, 1.54) is 0 Å². The van der Waals surface area contributed by atoms with Crippen LogP contribution in [0.4, 0.5) is 0 Å². The van der Waals surface area contributed by atoms with Gasteiger partial charge in [0, 0.05) is 17.8 Å². The molecule has 4 aliphatic carbocycles. The Kier molecular flexibility index (Phi) is 4.67. The van der Waals surface area contributed by atoms with E-state index in [0.29, 0.717) is 18.4 Å². The van der Waals surface area contributed by atoms with Crippen LogP contribution in [0, 0.1) is 28.6 Å². The lowest BCUT2D eigenvalue weighted by Crippen LogP contribution is -2.72. The third-order valence-corrected chi connectivity index (χ3v) is 8.65. The second kappa shape index (κ2) is 6.34. The molecule has 8 nitrogen and oxygen atoms in total. The molecule has 3 fully saturated rings. The van der Waals surface area contributed by atoms with Crippen LogP contribution < -0.4 is 0 Å². The topological polar surface area (TPSA) is 162 Å². The molecule has 164 valence electrons. The van der Waals surface area contributed by atoms with Gasteiger partial charge in [-0.1, -0.05) is 37.1 Å². The molecule has 8 heteroatoms. The summed E-state index contributed by atoms with van der Waals surface area (Å²) in [7, 11) is 0. The van der Waals surface area contributed by atoms with Crippen molar-refractivity contribution in [3.8, 4) is 0 Å². The van der Waals surface area contributed by atoms with Gasteiger partial charge in [-0.2, -0.15) is 0 Å². The smallest absolute Gasteiger partial charge is 0.246 e. The van der Waals surface area contributed by atoms with E-state index in [-0.39, 0.29) is 18.4 Å². The lowest BCUT2D eigenvalue weighted by atomic mass is 9.47. The molecule has 0 aromatic rings. The highest BCUT2D eigenvalue weighted by Gasteiger charge is 2.69. The van der Waals surface area contributed by atoms with Crippen molar-refractivity contribution in [2.75, 3.05) is 6.61 Å². The average Bonchev–Trinajstić information content (AvgIpc) is 2.97. The van der Waals surface area contributed by atoms with Crippen molar-refractivity contribution in [2.24, 2.45) is 28.6 Å². The first-order valence-electron chi connectivity index (χ1n) is 10.3. The van der Waals surface area contributed by atoms with Gasteiger partial charge in [-0.15, -0.1) is 0 Å². The Hall–Kier alpha value is -0.840. The van der Waals surface area contributed by atoms with E-state index < -0.39 is 53.1 Å². The molecule has 0 aromatic carbocycles. The van der Waals surface area contributed by atoms with Crippen molar-refractivity contribution < 1.29 is 40.9 Å². The van der Waals surface area contributed by atoms with Crippen molar-refractivity contribution in [1.82, 2.24) is 0 Å². The van der Waals surface area contributed by atoms with Gasteiger partial charge in [0.05, 0.1) is 18.8 Å². The summed E-state index contributed by atoms with van der Waals surface area (Å²) >= 11 is 0. The van der Waals surface area contributed by atoms with Gasteiger partial charge in [0.25, 0.3) is 0 Å². The van der Waals surface area contributed by atoms with Gasteiger partial charge in [-0.3, -0.25) is 0 Å². The number of hydrogen-bond acceptors (Lipinski definition) is 8. The molecule has 8 N–H and O–H groups in total. The molecule has 0 amide bonds. The highest BCUT2D eigenvalue weighted by molar-refractivity contribution is 5.42. The van der Waals surface area contributed by atoms with Crippen LogP contribution in [0.2, 0.25) is 0 Å². The number of aliphatic hydroxyl groups is 8. The average molecular weight is 412 g/mol. The first-order chi connectivity index (χ1) is 13.3. The molecule has 4 aliphatic rings. The van der Waals surface area contributed by atoms with Crippen molar-refractivity contribution >= 4 is 0 Å². The maximum Gasteiger partial charge on any atom is 0.246 e. The van der Waals surface area contributed by atoms with Gasteiger partial charge in [0.1, 0.15) is 6.10 Å². The van der Waals surface area contributed by atoms with Crippen LogP contribution in [-0.4, -0.2) is 77.3 Å². The van der Waals surface area contributed by atoms with Gasteiger partial charge < -0.3 is 40.9 Å². The zero-order valence-corrected chi connectivity index (χ0v) is 16.7. The maximum absolute atomic E-state index is 11.2. The second-order valence-corrected chi connectivity index (χ2v) is 10.0. The molecule has 0 spiro atoms. The van der Waals surface area contributed by atoms with Crippen molar-refractivity contribution in [3.05, 3.63) is 23.3 Å². The molecule has 0 aromatic heterocycles. The number of hydrogen-bond donors (Lipinski definition) is 8. The summed E-state index contributed by atoms with van der Waals surface area (Å²) in [6.07, 6.45) is 1.05. The Morgan fingerprint density at radius 3 is 2.34 bits per heavy atom. The standard InChI is InChI=1S/C21H32O8/c1-18-8-14(23)16-11(12(18)5-6-13(18)15(24)9-22)4-3-10-7-20(26,27)21(28,29)17(25)19(10,16)2/h3-4,12-17,22-29H,5-9H2,1-2H3/t12-,13+,14+,15+,16+,17?,18-,19-/m0/s1. The maximum atomic E-state index is 11.2. The first-order valence-corrected chi connectivity index (χ1v) is 10.3. The molecular weight excluding hydrogens is 380 g/mol. The van der Waals surface area contributed by atoms with Crippen molar-refractivity contribution in [1.29, 1.82) is 0 Å². The fourth-order valence-electron chi connectivity index (χ4n) is 7.04. The van der Waals surface area contributed by atoms with Gasteiger partial charge in [0.15, 0.2) is 0 Å². The monoisotopic (exact) mass is 412 g/mol. The highest BCUT2D eigenvalue weighted by atomic mass is 16.6. The normalized spacial score (nSPS) is 48.7. The van der Waals surface area contributed by atoms with Crippen molar-refractivity contribution in [3.63, 3.8) is 0 Å². The number of fused-ring (bicyclic) bond motifs is 5. The molecule has 1 unspecified atom stereocenters. The van der Waals surface area contributed by atoms with Gasteiger partial charge in [-0.25, -0.2) is 0 Å². The quantitative estimate of drug-likeness (QED) is 0.261. The first kappa shape index (κ1) is 21.4. The lowest BCUT2D eigenvalue weighted by Gasteiger charge is -2.61. The van der Waals surface area contributed by atoms with E-state index in [0.717, 1.165) is 12.0 Å². The summed E-state index contributed by atoms with van der Waals surface area (Å²) in [4.78, 5) is 0. The molecule has 4 rings (SSSR count). The summed E-state index contributed by atoms with van der Waals surface area (Å²) in [5.41, 5.74) is -0.437. The third kappa shape index (κ3) is 2.55. The number of aliphatic hydroxyl groups excluding tert-OH is 4. The minimum absolute atomic E-state index is 0.00866. The fraction of sp³-hybridized carbons (Fsp3) is 0.810. The predicted octanol–water partition coefficient (Wildman–Crippen LogP) is -1.25. The van der Waals surface area contributed by atoms with Crippen LogP contribution in [0.5, 0.6) is 0 Å². The van der Waals surface area contributed by atoms with Crippen LogP contribution in [0.25, 0.3) is 0 Å². The minimum Gasteiger partial charge on any atom is -0.394 e. The molecule has 29 heavy (non-hydrogen) atoms. The molecule has 0 aliphatic heterocycles. The Morgan fingerprint density at radius 2 is 1.72 bits per heavy atom. The number of allylic oxidation sites excluding steroid dienone is 2. The van der Waals surface area contributed by atoms with Crippen LogP contribution in [0.1, 0.15) is 39.5 Å². The van der Waals surface area contributed by atoms with Crippen LogP contribution >= 0.6 is 0 Å². The summed E-state index contributed by atoms with van der Waals surface area (Å²) in [6, 6.07) is 0. The Morgan fingerprint density at radius 1 is 1.07 bits per heavy atom. The van der Waals surface area contributed by atoms with Gasteiger partial charge in [-0.05, 0) is 36.5 Å². The summed E-state index contributed by atoms with van der Waals surface area (Å²) in [6.45, 7) is 3.28. The van der Waals surface area contributed by atoms with E-state index in [9.17, 15) is 40.9 Å². The molecule has 8 atom stereocenters. The Bertz CT molecular complexity index is 758. The predicted molar refractivity (Wildman–Crippen MR) is 101 cm³/mol. The van der Waals surface area contributed by atoms with E-state index in [1.54, 1.807) is 13.0 Å². The minimum atomic E-state index is -3.16. The van der Waals surface area contributed by atoms with Crippen LogP contribution in [0.3, 0.4) is 0 Å². The zero-order chi connectivity index (χ0) is 21.6. The second-order valence-electron chi connectivity index (χ2n) is 10.0. The molecule has 0 bridgehead atoms. The van der Waals surface area contributed by atoms with Crippen LogP contribution in [0.15, 0.2) is 23.3 Å². The van der Waals surface area contributed by atoms with E-state index >= 15 is 0 Å². The van der Waals surface area contributed by atoms with Crippen molar-refractivity contribution in [2.45, 2.75) is 69.4 Å². The van der Waals surface area contributed by atoms with E-state index in [2.05, 4.69) is 0 Å². The summed E-state index contributed by atoms with van der Waals surface area (Å²) in [5, 5.41) is 82.8. The van der Waals surface area contributed by atoms with E-state index in [1.807, 2.05) is 13.0 Å². The SMILES string of the molecule is C[C@]12C[C@@H](O)[C@H]3C(=CC=C4CC(O)(O)C(O)(O)C(O)[C@@]43C)[C@@H]1CC[C@@H]2[C@H](O)CO. The Labute approximate surface area is 169 Å². The molecule has 0 heterocycles. The molecule has 0 saturated heterocycles. The largest absolute Gasteiger partial charge is 0.394 e. The molecule has 3 saturated carbocycles. The molecule has 0 radical (unpaired) electrons. The fourth-order valence-corrected chi connectivity index (χ4v) is 7.04. The number of rotatable bonds is 2. The summed E-state index contributed by atoms with van der Waals surface area (Å²) < 4.78 is 0.